The smallest absolute Gasteiger partial charge is 0.387 e. The number of halogens is 2. The Bertz CT molecular complexity index is 745. The molecule has 0 amide bonds. The van der Waals surface area contributed by atoms with E-state index < -0.39 is 6.61 Å². The molecule has 0 aliphatic heterocycles. The van der Waals surface area contributed by atoms with Gasteiger partial charge in [0.05, 0.1) is 5.69 Å². The Morgan fingerprint density at radius 2 is 1.87 bits per heavy atom. The first-order chi connectivity index (χ1) is 11.2. The van der Waals surface area contributed by atoms with E-state index in [9.17, 15) is 8.78 Å². The highest BCUT2D eigenvalue weighted by Gasteiger charge is 2.08. The van der Waals surface area contributed by atoms with E-state index in [0.29, 0.717) is 12.1 Å². The first-order valence-electron chi connectivity index (χ1n) is 6.94. The van der Waals surface area contributed by atoms with Crippen molar-refractivity contribution in [2.45, 2.75) is 13.2 Å². The van der Waals surface area contributed by atoms with Gasteiger partial charge in [-0.1, -0.05) is 18.2 Å². The number of ether oxygens (including phenoxy) is 1. The minimum Gasteiger partial charge on any atom is -0.434 e. The van der Waals surface area contributed by atoms with Crippen LogP contribution in [-0.2, 0) is 6.54 Å². The number of alkyl halides is 2. The van der Waals surface area contributed by atoms with Crippen molar-refractivity contribution >= 4 is 5.69 Å². The molecule has 3 rings (SSSR count). The molecule has 0 unspecified atom stereocenters. The van der Waals surface area contributed by atoms with E-state index in [1.54, 1.807) is 29.2 Å². The van der Waals surface area contributed by atoms with Gasteiger partial charge in [-0.3, -0.25) is 0 Å². The molecule has 1 N–H and O–H groups in total. The van der Waals surface area contributed by atoms with Crippen LogP contribution in [0.1, 0.15) is 5.56 Å². The van der Waals surface area contributed by atoms with E-state index in [0.717, 1.165) is 11.4 Å². The van der Waals surface area contributed by atoms with E-state index in [1.165, 1.54) is 12.4 Å². The molecule has 0 saturated carbocycles. The third-order valence-electron chi connectivity index (χ3n) is 3.22. The molecular formula is C16H14F2N4O. The topological polar surface area (TPSA) is 52.0 Å². The summed E-state index contributed by atoms with van der Waals surface area (Å²) < 4.78 is 30.9. The average Bonchev–Trinajstić information content (AvgIpc) is 3.08. The molecule has 0 atom stereocenters. The van der Waals surface area contributed by atoms with E-state index in [1.807, 2.05) is 24.3 Å². The molecule has 3 aromatic rings. The molecule has 2 aromatic carbocycles. The van der Waals surface area contributed by atoms with Gasteiger partial charge < -0.3 is 10.1 Å². The fraction of sp³-hybridized carbons (Fsp3) is 0.125. The zero-order valence-electron chi connectivity index (χ0n) is 12.1. The second-order valence-corrected chi connectivity index (χ2v) is 4.73. The molecule has 118 valence electrons. The third-order valence-corrected chi connectivity index (χ3v) is 3.22. The highest BCUT2D eigenvalue weighted by atomic mass is 19.3. The van der Waals surface area contributed by atoms with Crippen LogP contribution < -0.4 is 10.1 Å². The minimum absolute atomic E-state index is 0.175. The van der Waals surface area contributed by atoms with E-state index in [2.05, 4.69) is 20.1 Å². The van der Waals surface area contributed by atoms with Gasteiger partial charge in [0, 0.05) is 17.8 Å². The van der Waals surface area contributed by atoms with Crippen molar-refractivity contribution in [2.75, 3.05) is 5.32 Å². The van der Waals surface area contributed by atoms with Crippen molar-refractivity contribution in [3.63, 3.8) is 0 Å². The summed E-state index contributed by atoms with van der Waals surface area (Å²) in [7, 11) is 0. The number of nitrogens with one attached hydrogen (secondary N) is 1. The molecule has 0 spiro atoms. The molecule has 0 aliphatic rings. The first kappa shape index (κ1) is 15.0. The highest BCUT2D eigenvalue weighted by Crippen LogP contribution is 2.22. The lowest BCUT2D eigenvalue weighted by Crippen LogP contribution is -2.07. The summed E-state index contributed by atoms with van der Waals surface area (Å²) in [6.45, 7) is -2.45. The number of anilines is 1. The van der Waals surface area contributed by atoms with Crippen molar-refractivity contribution < 1.29 is 13.5 Å². The fourth-order valence-electron chi connectivity index (χ4n) is 2.13. The third kappa shape index (κ3) is 3.82. The maximum absolute atomic E-state index is 12.4. The second kappa shape index (κ2) is 6.87. The van der Waals surface area contributed by atoms with Crippen molar-refractivity contribution in [3.8, 4) is 11.4 Å². The van der Waals surface area contributed by atoms with Gasteiger partial charge in [0.1, 0.15) is 18.4 Å². The summed E-state index contributed by atoms with van der Waals surface area (Å²) in [6, 6.07) is 14.3. The van der Waals surface area contributed by atoms with Crippen LogP contribution in [0.15, 0.2) is 61.2 Å². The Morgan fingerprint density at radius 1 is 1.09 bits per heavy atom. The van der Waals surface area contributed by atoms with Gasteiger partial charge in [0.2, 0.25) is 0 Å². The van der Waals surface area contributed by atoms with Crippen molar-refractivity contribution in [2.24, 2.45) is 0 Å². The molecule has 0 fully saturated rings. The normalized spacial score (nSPS) is 10.7. The lowest BCUT2D eigenvalue weighted by atomic mass is 10.2. The predicted octanol–water partition coefficient (Wildman–Crippen LogP) is 3.48. The summed E-state index contributed by atoms with van der Waals surface area (Å²) in [5.41, 5.74) is 2.41. The molecule has 0 radical (unpaired) electrons. The van der Waals surface area contributed by atoms with Gasteiger partial charge in [0.25, 0.3) is 0 Å². The number of rotatable bonds is 6. The Kier molecular flexibility index (Phi) is 4.46. The largest absolute Gasteiger partial charge is 0.434 e. The SMILES string of the molecule is FC(F)Oc1ccccc1CNc1ccc(-n2cncn2)cc1. The first-order valence-corrected chi connectivity index (χ1v) is 6.94. The molecule has 1 aromatic heterocycles. The number of aromatic nitrogens is 3. The van der Waals surface area contributed by atoms with E-state index in [-0.39, 0.29) is 5.75 Å². The number of hydrogen-bond donors (Lipinski definition) is 1. The summed E-state index contributed by atoms with van der Waals surface area (Å²) in [5.74, 6) is 0.175. The molecule has 23 heavy (non-hydrogen) atoms. The maximum Gasteiger partial charge on any atom is 0.387 e. The van der Waals surface area contributed by atoms with Crippen molar-refractivity contribution in [3.05, 3.63) is 66.7 Å². The zero-order valence-corrected chi connectivity index (χ0v) is 12.1. The van der Waals surface area contributed by atoms with E-state index in [4.69, 9.17) is 0 Å². The lowest BCUT2D eigenvalue weighted by Gasteiger charge is -2.12. The van der Waals surface area contributed by atoms with Gasteiger partial charge in [-0.25, -0.2) is 9.67 Å². The average molecular weight is 316 g/mol. The van der Waals surface area contributed by atoms with Crippen LogP contribution >= 0.6 is 0 Å². The molecule has 1 heterocycles. The van der Waals surface area contributed by atoms with Gasteiger partial charge in [0.15, 0.2) is 0 Å². The zero-order chi connectivity index (χ0) is 16.1. The number of benzene rings is 2. The summed E-state index contributed by atoms with van der Waals surface area (Å²) in [6.07, 6.45) is 3.08. The number of nitrogens with zero attached hydrogens (tertiary/aromatic N) is 3. The number of para-hydroxylation sites is 1. The molecule has 7 heteroatoms. The Balaban J connectivity index is 1.67. The molecule has 0 aliphatic carbocycles. The summed E-state index contributed by atoms with van der Waals surface area (Å²) in [5, 5.41) is 7.22. The van der Waals surface area contributed by atoms with Crippen LogP contribution in [-0.4, -0.2) is 21.4 Å². The Morgan fingerprint density at radius 3 is 2.57 bits per heavy atom. The molecule has 0 bridgehead atoms. The van der Waals surface area contributed by atoms with Crippen molar-refractivity contribution in [1.29, 1.82) is 0 Å². The van der Waals surface area contributed by atoms with Crippen LogP contribution in [0.4, 0.5) is 14.5 Å². The monoisotopic (exact) mass is 316 g/mol. The Hall–Kier alpha value is -2.96. The van der Waals surface area contributed by atoms with Gasteiger partial charge in [-0.05, 0) is 30.3 Å². The maximum atomic E-state index is 12.4. The van der Waals surface area contributed by atoms with Crippen LogP contribution in [0, 0.1) is 0 Å². The fourth-order valence-corrected chi connectivity index (χ4v) is 2.13. The summed E-state index contributed by atoms with van der Waals surface area (Å²) >= 11 is 0. The van der Waals surface area contributed by atoms with Gasteiger partial charge >= 0.3 is 6.61 Å². The summed E-state index contributed by atoms with van der Waals surface area (Å²) in [4.78, 5) is 3.89. The second-order valence-electron chi connectivity index (χ2n) is 4.73. The molecular weight excluding hydrogens is 302 g/mol. The quantitative estimate of drug-likeness (QED) is 0.756. The van der Waals surface area contributed by atoms with Crippen molar-refractivity contribution in [1.82, 2.24) is 14.8 Å². The van der Waals surface area contributed by atoms with Crippen LogP contribution in [0.25, 0.3) is 5.69 Å². The van der Waals surface area contributed by atoms with Gasteiger partial charge in [-0.2, -0.15) is 13.9 Å². The van der Waals surface area contributed by atoms with Crippen LogP contribution in [0.5, 0.6) is 5.75 Å². The van der Waals surface area contributed by atoms with Gasteiger partial charge in [-0.15, -0.1) is 0 Å². The number of hydrogen-bond acceptors (Lipinski definition) is 4. The molecule has 0 saturated heterocycles. The predicted molar refractivity (Wildman–Crippen MR) is 81.8 cm³/mol. The van der Waals surface area contributed by atoms with Crippen LogP contribution in [0.2, 0.25) is 0 Å². The molecule has 5 nitrogen and oxygen atoms in total. The van der Waals surface area contributed by atoms with Crippen LogP contribution in [0.3, 0.4) is 0 Å². The Labute approximate surface area is 131 Å². The highest BCUT2D eigenvalue weighted by molar-refractivity contribution is 5.49. The standard InChI is InChI=1S/C16H14F2N4O/c17-16(18)23-15-4-2-1-3-12(15)9-20-13-5-7-14(8-6-13)22-11-19-10-21-22/h1-8,10-11,16,20H,9H2. The lowest BCUT2D eigenvalue weighted by molar-refractivity contribution is -0.0504. The minimum atomic E-state index is -2.84. The van der Waals surface area contributed by atoms with E-state index >= 15 is 0 Å².